The van der Waals surface area contributed by atoms with E-state index in [1.54, 1.807) is 6.92 Å². The molecule has 108 valence electrons. The standard InChI is InChI=1S/C14H14N4O3/c1-7-10(6-15)11(17-20-7)5-13-16-14(18-21-13)9-4-8-2-3-12(9)19-8/h8-9,12H,2-5H2,1H3. The summed E-state index contributed by atoms with van der Waals surface area (Å²) in [6.45, 7) is 1.71. The van der Waals surface area contributed by atoms with Gasteiger partial charge in [0.15, 0.2) is 11.6 Å². The molecule has 2 fully saturated rings. The average Bonchev–Trinajstić information content (AvgIpc) is 3.23. The Kier molecular flexibility index (Phi) is 2.79. The lowest BCUT2D eigenvalue weighted by Gasteiger charge is -2.13. The van der Waals surface area contributed by atoms with Crippen molar-refractivity contribution in [1.82, 2.24) is 15.3 Å². The molecular weight excluding hydrogens is 272 g/mol. The number of fused-ring (bicyclic) bond motifs is 2. The molecular formula is C14H14N4O3. The van der Waals surface area contributed by atoms with Gasteiger partial charge in [0.25, 0.3) is 0 Å². The van der Waals surface area contributed by atoms with E-state index in [1.807, 2.05) is 0 Å². The Balaban J connectivity index is 1.54. The van der Waals surface area contributed by atoms with Gasteiger partial charge in [0.1, 0.15) is 17.3 Å². The van der Waals surface area contributed by atoms with Crippen molar-refractivity contribution >= 4 is 0 Å². The second-order valence-corrected chi connectivity index (χ2v) is 5.61. The topological polar surface area (TPSA) is 98.0 Å². The largest absolute Gasteiger partial charge is 0.374 e. The highest BCUT2D eigenvalue weighted by atomic mass is 16.5. The van der Waals surface area contributed by atoms with Crippen LogP contribution in [0.15, 0.2) is 9.05 Å². The number of aromatic nitrogens is 3. The van der Waals surface area contributed by atoms with E-state index in [9.17, 15) is 0 Å². The van der Waals surface area contributed by atoms with Crippen molar-refractivity contribution in [3.8, 4) is 6.07 Å². The van der Waals surface area contributed by atoms with Crippen LogP contribution in [0, 0.1) is 18.3 Å². The third-order valence-electron chi connectivity index (χ3n) is 4.29. The van der Waals surface area contributed by atoms with Gasteiger partial charge >= 0.3 is 0 Å². The van der Waals surface area contributed by atoms with Crippen LogP contribution in [-0.2, 0) is 11.2 Å². The fourth-order valence-corrected chi connectivity index (χ4v) is 3.23. The summed E-state index contributed by atoms with van der Waals surface area (Å²) in [5, 5.41) is 17.0. The molecule has 21 heavy (non-hydrogen) atoms. The lowest BCUT2D eigenvalue weighted by Crippen LogP contribution is -2.15. The minimum Gasteiger partial charge on any atom is -0.374 e. The van der Waals surface area contributed by atoms with Gasteiger partial charge < -0.3 is 13.8 Å². The fraction of sp³-hybridized carbons (Fsp3) is 0.571. The molecule has 4 heterocycles. The van der Waals surface area contributed by atoms with E-state index >= 15 is 0 Å². The maximum atomic E-state index is 9.08. The smallest absolute Gasteiger partial charge is 0.232 e. The summed E-state index contributed by atoms with van der Waals surface area (Å²) < 4.78 is 16.1. The fourth-order valence-electron chi connectivity index (χ4n) is 3.23. The minimum absolute atomic E-state index is 0.226. The van der Waals surface area contributed by atoms with Gasteiger partial charge in [-0.25, -0.2) is 0 Å². The first-order valence-corrected chi connectivity index (χ1v) is 7.07. The van der Waals surface area contributed by atoms with Crippen LogP contribution in [0.2, 0.25) is 0 Å². The quantitative estimate of drug-likeness (QED) is 0.849. The molecule has 0 saturated carbocycles. The minimum atomic E-state index is 0.226. The van der Waals surface area contributed by atoms with Crippen LogP contribution in [0.1, 0.15) is 53.9 Å². The predicted molar refractivity (Wildman–Crippen MR) is 68.3 cm³/mol. The van der Waals surface area contributed by atoms with Crippen molar-refractivity contribution in [1.29, 1.82) is 5.26 Å². The molecule has 0 spiro atoms. The lowest BCUT2D eigenvalue weighted by atomic mass is 9.89. The highest BCUT2D eigenvalue weighted by Gasteiger charge is 2.43. The molecule has 0 aromatic carbocycles. The van der Waals surface area contributed by atoms with Crippen LogP contribution in [0.3, 0.4) is 0 Å². The van der Waals surface area contributed by atoms with Gasteiger partial charge in [-0.1, -0.05) is 10.3 Å². The number of aryl methyl sites for hydroxylation is 1. The SMILES string of the molecule is Cc1onc(Cc2nc(C3CC4CCC3O4)no2)c1C#N. The summed E-state index contributed by atoms with van der Waals surface area (Å²) >= 11 is 0. The van der Waals surface area contributed by atoms with Crippen LogP contribution in [0.5, 0.6) is 0 Å². The molecule has 2 bridgehead atoms. The van der Waals surface area contributed by atoms with Crippen LogP contribution < -0.4 is 0 Å². The van der Waals surface area contributed by atoms with E-state index in [0.29, 0.717) is 41.3 Å². The van der Waals surface area contributed by atoms with Gasteiger partial charge in [0, 0.05) is 0 Å². The Morgan fingerprint density at radius 2 is 2.19 bits per heavy atom. The summed E-state index contributed by atoms with van der Waals surface area (Å²) in [5.74, 6) is 1.90. The molecule has 2 aromatic heterocycles. The molecule has 3 atom stereocenters. The zero-order chi connectivity index (χ0) is 14.4. The first-order chi connectivity index (χ1) is 10.2. The first kappa shape index (κ1) is 12.5. The molecule has 0 radical (unpaired) electrons. The van der Waals surface area contributed by atoms with Crippen LogP contribution >= 0.6 is 0 Å². The van der Waals surface area contributed by atoms with E-state index in [4.69, 9.17) is 19.0 Å². The van der Waals surface area contributed by atoms with Gasteiger partial charge in [0.05, 0.1) is 24.5 Å². The maximum Gasteiger partial charge on any atom is 0.232 e. The Morgan fingerprint density at radius 3 is 2.90 bits per heavy atom. The monoisotopic (exact) mass is 286 g/mol. The van der Waals surface area contributed by atoms with Crippen molar-refractivity contribution in [2.45, 2.75) is 50.7 Å². The molecule has 2 aliphatic heterocycles. The summed E-state index contributed by atoms with van der Waals surface area (Å²) in [6.07, 6.45) is 4.07. The number of hydrogen-bond donors (Lipinski definition) is 0. The normalized spacial score (nSPS) is 27.1. The van der Waals surface area contributed by atoms with E-state index < -0.39 is 0 Å². The molecule has 4 rings (SSSR count). The van der Waals surface area contributed by atoms with E-state index in [-0.39, 0.29) is 12.0 Å². The van der Waals surface area contributed by atoms with Crippen molar-refractivity contribution in [3.05, 3.63) is 28.7 Å². The zero-order valence-corrected chi connectivity index (χ0v) is 11.6. The predicted octanol–water partition coefficient (Wildman–Crippen LogP) is 1.86. The molecule has 2 aliphatic rings. The van der Waals surface area contributed by atoms with Crippen LogP contribution in [0.4, 0.5) is 0 Å². The molecule has 2 saturated heterocycles. The first-order valence-electron chi connectivity index (χ1n) is 7.07. The lowest BCUT2D eigenvalue weighted by molar-refractivity contribution is 0.0996. The van der Waals surface area contributed by atoms with Crippen molar-refractivity contribution in [2.24, 2.45) is 0 Å². The summed E-state index contributed by atoms with van der Waals surface area (Å²) in [7, 11) is 0. The Morgan fingerprint density at radius 1 is 1.29 bits per heavy atom. The van der Waals surface area contributed by atoms with Gasteiger partial charge in [-0.05, 0) is 26.2 Å². The van der Waals surface area contributed by atoms with Crippen LogP contribution in [-0.4, -0.2) is 27.5 Å². The van der Waals surface area contributed by atoms with Gasteiger partial charge in [-0.15, -0.1) is 0 Å². The molecule has 0 aliphatic carbocycles. The molecule has 7 heteroatoms. The molecule has 7 nitrogen and oxygen atoms in total. The Hall–Kier alpha value is -2.20. The summed E-state index contributed by atoms with van der Waals surface area (Å²) in [4.78, 5) is 4.44. The van der Waals surface area contributed by atoms with Crippen LogP contribution in [0.25, 0.3) is 0 Å². The highest BCUT2D eigenvalue weighted by Crippen LogP contribution is 2.43. The molecule has 0 N–H and O–H groups in total. The number of nitrogens with zero attached hydrogens (tertiary/aromatic N) is 4. The number of hydrogen-bond acceptors (Lipinski definition) is 7. The number of rotatable bonds is 3. The molecule has 2 aromatic rings. The van der Waals surface area contributed by atoms with E-state index in [2.05, 4.69) is 21.4 Å². The average molecular weight is 286 g/mol. The highest BCUT2D eigenvalue weighted by molar-refractivity contribution is 5.36. The zero-order valence-electron chi connectivity index (χ0n) is 11.6. The number of nitriles is 1. The van der Waals surface area contributed by atoms with E-state index in [0.717, 1.165) is 19.3 Å². The maximum absolute atomic E-state index is 9.08. The van der Waals surface area contributed by atoms with E-state index in [1.165, 1.54) is 0 Å². The van der Waals surface area contributed by atoms with Crippen molar-refractivity contribution < 1.29 is 13.8 Å². The Bertz CT molecular complexity index is 714. The Labute approximate surface area is 120 Å². The summed E-state index contributed by atoms with van der Waals surface area (Å²) in [5.41, 5.74) is 0.979. The van der Waals surface area contributed by atoms with Crippen molar-refractivity contribution in [2.75, 3.05) is 0 Å². The molecule has 0 amide bonds. The molecule has 3 unspecified atom stereocenters. The second-order valence-electron chi connectivity index (χ2n) is 5.61. The van der Waals surface area contributed by atoms with Gasteiger partial charge in [0.2, 0.25) is 5.89 Å². The summed E-state index contributed by atoms with van der Waals surface area (Å²) in [6, 6.07) is 2.08. The third kappa shape index (κ3) is 2.03. The van der Waals surface area contributed by atoms with Gasteiger partial charge in [-0.2, -0.15) is 10.2 Å². The second kappa shape index (κ2) is 4.67. The third-order valence-corrected chi connectivity index (χ3v) is 4.29. The van der Waals surface area contributed by atoms with Crippen molar-refractivity contribution in [3.63, 3.8) is 0 Å². The van der Waals surface area contributed by atoms with Gasteiger partial charge in [-0.3, -0.25) is 0 Å². The number of ether oxygens (including phenoxy) is 1.